The Labute approximate surface area is 90.2 Å². The number of carbonyl (C=O) groups excluding carboxylic acids is 1. The van der Waals surface area contributed by atoms with E-state index in [9.17, 15) is 9.90 Å². The summed E-state index contributed by atoms with van der Waals surface area (Å²) in [4.78, 5) is 13.3. The first kappa shape index (κ1) is 10.7. The fourth-order valence-corrected chi connectivity index (χ4v) is 2.22. The Morgan fingerprint density at radius 1 is 1.47 bits per heavy atom. The van der Waals surface area contributed by atoms with Crippen LogP contribution in [0.3, 0.4) is 0 Å². The SMILES string of the molecule is CC(C)(C)OC(=O)N1CC2(CCC2O)C1. The second-order valence-electron chi connectivity index (χ2n) is 5.75. The molecule has 0 bridgehead atoms. The van der Waals surface area contributed by atoms with Gasteiger partial charge in [-0.2, -0.15) is 0 Å². The molecule has 1 amide bonds. The predicted molar refractivity (Wildman–Crippen MR) is 55.5 cm³/mol. The van der Waals surface area contributed by atoms with E-state index in [0.29, 0.717) is 13.1 Å². The van der Waals surface area contributed by atoms with Crippen molar-refractivity contribution in [3.05, 3.63) is 0 Å². The summed E-state index contributed by atoms with van der Waals surface area (Å²) in [7, 11) is 0. The summed E-state index contributed by atoms with van der Waals surface area (Å²) >= 11 is 0. The number of nitrogens with zero attached hydrogens (tertiary/aromatic N) is 1. The lowest BCUT2D eigenvalue weighted by Gasteiger charge is -2.58. The molecule has 1 unspecified atom stereocenters. The van der Waals surface area contributed by atoms with Gasteiger partial charge >= 0.3 is 6.09 Å². The molecule has 0 aromatic carbocycles. The molecule has 2 aliphatic rings. The van der Waals surface area contributed by atoms with Crippen LogP contribution in [0.5, 0.6) is 0 Å². The minimum Gasteiger partial charge on any atom is -0.444 e. The molecular weight excluding hydrogens is 194 g/mol. The largest absolute Gasteiger partial charge is 0.444 e. The fourth-order valence-electron chi connectivity index (χ4n) is 2.22. The van der Waals surface area contributed by atoms with E-state index >= 15 is 0 Å². The van der Waals surface area contributed by atoms with Gasteiger partial charge in [0.25, 0.3) is 0 Å². The Balaban J connectivity index is 1.82. The Bertz CT molecular complexity index is 276. The molecule has 1 atom stereocenters. The van der Waals surface area contributed by atoms with E-state index in [1.807, 2.05) is 20.8 Å². The van der Waals surface area contributed by atoms with Crippen LogP contribution in [0.15, 0.2) is 0 Å². The zero-order valence-corrected chi connectivity index (χ0v) is 9.62. The summed E-state index contributed by atoms with van der Waals surface area (Å²) in [5.74, 6) is 0. The van der Waals surface area contributed by atoms with Crippen LogP contribution in [0.4, 0.5) is 4.79 Å². The van der Waals surface area contributed by atoms with Gasteiger partial charge in [0.15, 0.2) is 0 Å². The Morgan fingerprint density at radius 2 is 2.07 bits per heavy atom. The molecule has 1 spiro atoms. The molecule has 1 saturated heterocycles. The van der Waals surface area contributed by atoms with E-state index in [0.717, 1.165) is 12.8 Å². The van der Waals surface area contributed by atoms with Crippen LogP contribution in [0.25, 0.3) is 0 Å². The second kappa shape index (κ2) is 3.11. The number of carbonyl (C=O) groups is 1. The molecule has 1 N–H and O–H groups in total. The summed E-state index contributed by atoms with van der Waals surface area (Å²) in [5, 5.41) is 9.57. The van der Waals surface area contributed by atoms with E-state index in [2.05, 4.69) is 0 Å². The average molecular weight is 213 g/mol. The molecule has 4 heteroatoms. The predicted octanol–water partition coefficient (Wildman–Crippen LogP) is 1.38. The average Bonchev–Trinajstić information content (AvgIpc) is 1.95. The van der Waals surface area contributed by atoms with Crippen molar-refractivity contribution in [3.8, 4) is 0 Å². The summed E-state index contributed by atoms with van der Waals surface area (Å²) < 4.78 is 5.24. The first-order chi connectivity index (χ1) is 6.82. The Morgan fingerprint density at radius 3 is 2.40 bits per heavy atom. The summed E-state index contributed by atoms with van der Waals surface area (Å²) in [6.07, 6.45) is 1.44. The summed E-state index contributed by atoms with van der Waals surface area (Å²) in [6.45, 7) is 6.89. The lowest BCUT2D eigenvalue weighted by atomic mass is 9.61. The van der Waals surface area contributed by atoms with Gasteiger partial charge in [0.2, 0.25) is 0 Å². The monoisotopic (exact) mass is 213 g/mol. The molecule has 15 heavy (non-hydrogen) atoms. The molecule has 2 fully saturated rings. The van der Waals surface area contributed by atoms with Gasteiger partial charge in [0, 0.05) is 18.5 Å². The molecule has 1 aliphatic carbocycles. The Hall–Kier alpha value is -0.770. The van der Waals surface area contributed by atoms with Gasteiger partial charge in [-0.15, -0.1) is 0 Å². The van der Waals surface area contributed by atoms with Gasteiger partial charge in [0.1, 0.15) is 5.60 Å². The number of likely N-dealkylation sites (tertiary alicyclic amines) is 1. The highest BCUT2D eigenvalue weighted by Crippen LogP contribution is 2.48. The number of rotatable bonds is 0. The van der Waals surface area contributed by atoms with Crippen molar-refractivity contribution in [2.45, 2.75) is 45.3 Å². The molecule has 1 heterocycles. The molecular formula is C11H19NO3. The maximum absolute atomic E-state index is 11.6. The maximum atomic E-state index is 11.6. The molecule has 1 saturated carbocycles. The van der Waals surface area contributed by atoms with Crippen molar-refractivity contribution in [1.82, 2.24) is 4.90 Å². The highest BCUT2D eigenvalue weighted by molar-refractivity contribution is 5.69. The lowest BCUT2D eigenvalue weighted by molar-refractivity contribution is -0.152. The first-order valence-electron chi connectivity index (χ1n) is 5.48. The highest BCUT2D eigenvalue weighted by atomic mass is 16.6. The number of ether oxygens (including phenoxy) is 1. The number of amides is 1. The normalized spacial score (nSPS) is 28.3. The van der Waals surface area contributed by atoms with Gasteiger partial charge in [-0.3, -0.25) is 0 Å². The second-order valence-corrected chi connectivity index (χ2v) is 5.75. The highest BCUT2D eigenvalue weighted by Gasteiger charge is 2.56. The van der Waals surface area contributed by atoms with Crippen LogP contribution in [-0.4, -0.2) is 40.9 Å². The molecule has 86 valence electrons. The van der Waals surface area contributed by atoms with Crippen molar-refractivity contribution in [3.63, 3.8) is 0 Å². The zero-order valence-electron chi connectivity index (χ0n) is 9.62. The molecule has 0 aromatic rings. The third-order valence-corrected chi connectivity index (χ3v) is 3.29. The molecule has 4 nitrogen and oxygen atoms in total. The fraction of sp³-hybridized carbons (Fsp3) is 0.909. The molecule has 2 rings (SSSR count). The van der Waals surface area contributed by atoms with E-state index in [1.165, 1.54) is 0 Å². The van der Waals surface area contributed by atoms with Crippen LogP contribution >= 0.6 is 0 Å². The van der Waals surface area contributed by atoms with E-state index in [-0.39, 0.29) is 17.6 Å². The topological polar surface area (TPSA) is 49.8 Å². The minimum atomic E-state index is -0.432. The number of aliphatic hydroxyl groups is 1. The van der Waals surface area contributed by atoms with Gasteiger partial charge in [0.05, 0.1) is 6.10 Å². The number of hydrogen-bond acceptors (Lipinski definition) is 3. The molecule has 1 aliphatic heterocycles. The third kappa shape index (κ3) is 1.83. The third-order valence-electron chi connectivity index (χ3n) is 3.29. The smallest absolute Gasteiger partial charge is 0.410 e. The van der Waals surface area contributed by atoms with Crippen molar-refractivity contribution in [2.75, 3.05) is 13.1 Å². The molecule has 0 aromatic heterocycles. The minimum absolute atomic E-state index is 0.0108. The maximum Gasteiger partial charge on any atom is 0.410 e. The molecule has 0 radical (unpaired) electrons. The van der Waals surface area contributed by atoms with Crippen molar-refractivity contribution < 1.29 is 14.6 Å². The van der Waals surface area contributed by atoms with E-state index in [4.69, 9.17) is 4.74 Å². The van der Waals surface area contributed by atoms with Crippen LogP contribution in [-0.2, 0) is 4.74 Å². The van der Waals surface area contributed by atoms with Gasteiger partial charge in [-0.25, -0.2) is 4.79 Å². The van der Waals surface area contributed by atoms with Crippen molar-refractivity contribution >= 4 is 6.09 Å². The van der Waals surface area contributed by atoms with Crippen LogP contribution < -0.4 is 0 Å². The van der Waals surface area contributed by atoms with Crippen LogP contribution in [0.1, 0.15) is 33.6 Å². The summed E-state index contributed by atoms with van der Waals surface area (Å²) in [6, 6.07) is 0. The van der Waals surface area contributed by atoms with Gasteiger partial charge in [-0.05, 0) is 33.6 Å². The number of hydrogen-bond donors (Lipinski definition) is 1. The van der Waals surface area contributed by atoms with Crippen molar-refractivity contribution in [2.24, 2.45) is 5.41 Å². The van der Waals surface area contributed by atoms with Crippen molar-refractivity contribution in [1.29, 1.82) is 0 Å². The van der Waals surface area contributed by atoms with E-state index < -0.39 is 5.60 Å². The zero-order chi connectivity index (χ0) is 11.3. The summed E-state index contributed by atoms with van der Waals surface area (Å²) in [5.41, 5.74) is -0.422. The lowest BCUT2D eigenvalue weighted by Crippen LogP contribution is -2.68. The number of aliphatic hydroxyl groups excluding tert-OH is 1. The quantitative estimate of drug-likeness (QED) is 0.661. The Kier molecular flexibility index (Phi) is 2.23. The van der Waals surface area contributed by atoms with Gasteiger partial charge < -0.3 is 14.7 Å². The van der Waals surface area contributed by atoms with Crippen LogP contribution in [0.2, 0.25) is 0 Å². The standard InChI is InChI=1S/C11H19NO3/c1-10(2,3)15-9(14)12-6-11(7-12)5-4-8(11)13/h8,13H,4-7H2,1-3H3. The first-order valence-corrected chi connectivity index (χ1v) is 5.48. The van der Waals surface area contributed by atoms with E-state index in [1.54, 1.807) is 4.90 Å². The van der Waals surface area contributed by atoms with Crippen LogP contribution in [0, 0.1) is 5.41 Å². The van der Waals surface area contributed by atoms with Gasteiger partial charge in [-0.1, -0.05) is 0 Å².